The van der Waals surface area contributed by atoms with Gasteiger partial charge in [0, 0.05) is 12.0 Å². The Bertz CT molecular complexity index is 499. The minimum Gasteiger partial charge on any atom is -0.475 e. The zero-order chi connectivity index (χ0) is 17.7. The third-order valence-corrected chi connectivity index (χ3v) is 8.72. The van der Waals surface area contributed by atoms with E-state index < -0.39 is 14.8 Å². The molecule has 0 saturated carbocycles. The first kappa shape index (κ1) is 20.0. The van der Waals surface area contributed by atoms with Gasteiger partial charge >= 0.3 is 14.8 Å². The number of furan rings is 1. The van der Waals surface area contributed by atoms with E-state index in [1.54, 1.807) is 0 Å². The van der Waals surface area contributed by atoms with Crippen LogP contribution >= 0.6 is 0 Å². The number of carbonyl (C=O) groups is 1. The van der Waals surface area contributed by atoms with Crippen molar-refractivity contribution in [3.8, 4) is 0 Å². The molecule has 1 heterocycles. The van der Waals surface area contributed by atoms with Crippen LogP contribution in [0.5, 0.6) is 0 Å². The van der Waals surface area contributed by atoms with E-state index in [0.717, 1.165) is 29.5 Å². The third-order valence-electron chi connectivity index (χ3n) is 4.63. The van der Waals surface area contributed by atoms with Gasteiger partial charge < -0.3 is 14.6 Å². The van der Waals surface area contributed by atoms with Gasteiger partial charge in [-0.05, 0) is 47.5 Å². The molecule has 2 atom stereocenters. The highest BCUT2D eigenvalue weighted by Crippen LogP contribution is 2.36. The fourth-order valence-electron chi connectivity index (χ4n) is 3.71. The molecule has 0 radical (unpaired) electrons. The van der Waals surface area contributed by atoms with Gasteiger partial charge in [-0.25, -0.2) is 4.79 Å². The normalized spacial score (nSPS) is 14.3. The van der Waals surface area contributed by atoms with Crippen molar-refractivity contribution in [2.24, 2.45) is 0 Å². The summed E-state index contributed by atoms with van der Waals surface area (Å²) in [5.41, 5.74) is 2.95. The lowest BCUT2D eigenvalue weighted by molar-refractivity contribution is 0.0659. The molecule has 3 N–H and O–H groups in total. The summed E-state index contributed by atoms with van der Waals surface area (Å²) in [6.45, 7) is 13.8. The van der Waals surface area contributed by atoms with Gasteiger partial charge in [0.15, 0.2) is 6.61 Å². The fraction of sp³-hybridized carbons (Fsp3) is 0.722. The summed E-state index contributed by atoms with van der Waals surface area (Å²) in [6.07, 6.45) is 2.11. The zero-order valence-corrected chi connectivity index (χ0v) is 16.3. The summed E-state index contributed by atoms with van der Waals surface area (Å²) < 4.78 is 5.51. The molecule has 5 heteroatoms. The molecule has 23 heavy (non-hydrogen) atoms. The second kappa shape index (κ2) is 8.69. The van der Waals surface area contributed by atoms with Crippen molar-refractivity contribution in [2.45, 2.75) is 83.5 Å². The van der Waals surface area contributed by atoms with Crippen molar-refractivity contribution in [1.82, 2.24) is 0 Å². The van der Waals surface area contributed by atoms with Crippen LogP contribution in [0.15, 0.2) is 10.5 Å². The third kappa shape index (κ3) is 5.21. The summed E-state index contributed by atoms with van der Waals surface area (Å²) in [7, 11) is -0.419. The summed E-state index contributed by atoms with van der Waals surface area (Å²) in [5.74, 6) is -0.256. The van der Waals surface area contributed by atoms with Crippen molar-refractivity contribution >= 4 is 14.8 Å². The van der Waals surface area contributed by atoms with Crippen molar-refractivity contribution in [1.29, 1.82) is 0 Å². The van der Waals surface area contributed by atoms with E-state index in [4.69, 9.17) is 14.6 Å². The predicted molar refractivity (Wildman–Crippen MR) is 96.0 cm³/mol. The van der Waals surface area contributed by atoms with E-state index in [9.17, 15) is 4.79 Å². The van der Waals surface area contributed by atoms with Crippen LogP contribution in [-0.4, -0.2) is 25.0 Å². The number of rotatable bonds is 9. The minimum absolute atomic E-state index is 0.0451. The van der Waals surface area contributed by atoms with Crippen molar-refractivity contribution < 1.29 is 19.4 Å². The topological polar surface area (TPSA) is 73.3 Å². The zero-order valence-electron chi connectivity index (χ0n) is 15.3. The monoisotopic (exact) mass is 340 g/mol. The summed E-state index contributed by atoms with van der Waals surface area (Å²) >= 11 is 0. The van der Waals surface area contributed by atoms with Crippen LogP contribution in [0.1, 0.15) is 82.2 Å². The molecule has 0 fully saturated rings. The SMILES string of the molecule is CC(CCC(C)[Si+](C(C)C)C(C)C)c1oc(C(=O)O)cc1C[OH2+]. The Morgan fingerprint density at radius 3 is 2.17 bits per heavy atom. The molecule has 1 aromatic heterocycles. The van der Waals surface area contributed by atoms with Gasteiger partial charge in [-0.3, -0.25) is 0 Å². The first-order valence-corrected chi connectivity index (χ1v) is 10.3. The number of carboxylic acids is 1. The van der Waals surface area contributed by atoms with Gasteiger partial charge in [0.1, 0.15) is 5.76 Å². The van der Waals surface area contributed by atoms with Crippen LogP contribution in [0, 0.1) is 0 Å². The van der Waals surface area contributed by atoms with E-state index in [1.165, 1.54) is 6.07 Å². The number of aromatic carboxylic acids is 1. The van der Waals surface area contributed by atoms with Crippen molar-refractivity contribution in [2.75, 3.05) is 0 Å². The lowest BCUT2D eigenvalue weighted by Crippen LogP contribution is -2.26. The molecule has 0 aliphatic rings. The Balaban J connectivity index is 2.76. The molecule has 2 unspecified atom stereocenters. The van der Waals surface area contributed by atoms with Gasteiger partial charge in [0.2, 0.25) is 5.76 Å². The first-order valence-electron chi connectivity index (χ1n) is 8.56. The van der Waals surface area contributed by atoms with Crippen LogP contribution in [0.4, 0.5) is 0 Å². The quantitative estimate of drug-likeness (QED) is 0.519. The minimum atomic E-state index is -1.06. The first-order chi connectivity index (χ1) is 10.7. The highest BCUT2D eigenvalue weighted by atomic mass is 28.3. The molecular formula is C18H32O4Si+2. The molecule has 130 valence electrons. The number of carboxylic acid groups (broad SMARTS) is 1. The molecule has 0 bridgehead atoms. The molecule has 0 aliphatic carbocycles. The Labute approximate surface area is 141 Å². The van der Waals surface area contributed by atoms with Gasteiger partial charge in [-0.1, -0.05) is 6.92 Å². The highest BCUT2D eigenvalue weighted by molar-refractivity contribution is 6.63. The average molecular weight is 341 g/mol. The molecular weight excluding hydrogens is 308 g/mol. The maximum Gasteiger partial charge on any atom is 0.371 e. The Hall–Kier alpha value is -1.07. The van der Waals surface area contributed by atoms with Gasteiger partial charge in [0.05, 0.1) is 22.2 Å². The second-order valence-electron chi connectivity index (χ2n) is 7.17. The number of hydrogen-bond donors (Lipinski definition) is 1. The van der Waals surface area contributed by atoms with E-state index in [1.807, 2.05) is 0 Å². The van der Waals surface area contributed by atoms with E-state index in [-0.39, 0.29) is 18.3 Å². The molecule has 4 nitrogen and oxygen atoms in total. The molecule has 1 rings (SSSR count). The van der Waals surface area contributed by atoms with E-state index in [2.05, 4.69) is 41.5 Å². The van der Waals surface area contributed by atoms with Crippen molar-refractivity contribution in [3.05, 3.63) is 23.2 Å². The maximum absolute atomic E-state index is 11.1. The maximum atomic E-state index is 11.1. The predicted octanol–water partition coefficient (Wildman–Crippen LogP) is 4.79. The Morgan fingerprint density at radius 2 is 1.74 bits per heavy atom. The Kier molecular flexibility index (Phi) is 7.54. The molecule has 0 saturated heterocycles. The van der Waals surface area contributed by atoms with E-state index >= 15 is 0 Å². The van der Waals surface area contributed by atoms with Crippen molar-refractivity contribution in [3.63, 3.8) is 0 Å². The van der Waals surface area contributed by atoms with Crippen LogP contribution in [0.3, 0.4) is 0 Å². The van der Waals surface area contributed by atoms with Gasteiger partial charge in [-0.2, -0.15) is 0 Å². The summed E-state index contributed by atoms with van der Waals surface area (Å²) in [5, 5.41) is 16.6. The molecule has 0 aliphatic heterocycles. The fourth-order valence-corrected chi connectivity index (χ4v) is 7.82. The van der Waals surface area contributed by atoms with Gasteiger partial charge in [0.25, 0.3) is 0 Å². The average Bonchev–Trinajstić information content (AvgIpc) is 2.88. The smallest absolute Gasteiger partial charge is 0.371 e. The summed E-state index contributed by atoms with van der Waals surface area (Å²) in [4.78, 5) is 11.1. The standard InChI is InChI=1S/C18H30O4Si/c1-11(2)23(12(3)4)14(6)8-7-13(5)17-15(10-19)9-16(22-17)18(20)21/h9,11-14,19H,7-8,10H2,1-6H3/p+2. The largest absolute Gasteiger partial charge is 0.475 e. The van der Waals surface area contributed by atoms with Crippen LogP contribution in [-0.2, 0) is 6.61 Å². The Morgan fingerprint density at radius 1 is 1.17 bits per heavy atom. The van der Waals surface area contributed by atoms with Gasteiger partial charge in [-0.15, -0.1) is 0 Å². The van der Waals surface area contributed by atoms with Crippen LogP contribution < -0.4 is 0 Å². The van der Waals surface area contributed by atoms with Crippen LogP contribution in [0.2, 0.25) is 16.6 Å². The second-order valence-corrected chi connectivity index (χ2v) is 11.5. The van der Waals surface area contributed by atoms with Crippen LogP contribution in [0.25, 0.3) is 0 Å². The lowest BCUT2D eigenvalue weighted by atomic mass is 9.99. The van der Waals surface area contributed by atoms with E-state index in [0.29, 0.717) is 11.3 Å². The summed E-state index contributed by atoms with van der Waals surface area (Å²) in [6, 6.07) is 1.50. The molecule has 0 amide bonds. The number of hydrogen-bond acceptors (Lipinski definition) is 2. The highest BCUT2D eigenvalue weighted by Gasteiger charge is 2.40. The molecule has 0 aromatic carbocycles. The molecule has 0 spiro atoms. The molecule has 1 aromatic rings. The lowest BCUT2D eigenvalue weighted by Gasteiger charge is -2.18.